The van der Waals surface area contributed by atoms with Crippen molar-refractivity contribution < 1.29 is 0 Å². The molecule has 1 heteroatoms. The number of hydrogen-bond acceptors (Lipinski definition) is 1. The fourth-order valence-electron chi connectivity index (χ4n) is 2.76. The largest absolute Gasteiger partial charge is 0.262 e. The Balaban J connectivity index is 2.14. The minimum Gasteiger partial charge on any atom is -0.262 e. The van der Waals surface area contributed by atoms with Crippen LogP contribution in [-0.2, 0) is 12.8 Å². The Morgan fingerprint density at radius 2 is 1.94 bits per heavy atom. The third-order valence-electron chi connectivity index (χ3n) is 3.60. The third kappa shape index (κ3) is 1.97. The zero-order chi connectivity index (χ0) is 11.7. The van der Waals surface area contributed by atoms with E-state index in [1.807, 2.05) is 6.20 Å². The Kier molecular flexibility index (Phi) is 2.68. The van der Waals surface area contributed by atoms with Crippen LogP contribution in [0.25, 0.3) is 11.1 Å². The third-order valence-corrected chi connectivity index (χ3v) is 3.60. The molecule has 0 saturated heterocycles. The fourth-order valence-corrected chi connectivity index (χ4v) is 2.76. The second kappa shape index (κ2) is 4.33. The monoisotopic (exact) mass is 223 g/mol. The summed E-state index contributed by atoms with van der Waals surface area (Å²) in [5.74, 6) is 0. The number of aromatic nitrogens is 1. The fraction of sp³-hybridized carbons (Fsp3) is 0.312. The summed E-state index contributed by atoms with van der Waals surface area (Å²) >= 11 is 0. The lowest BCUT2D eigenvalue weighted by Gasteiger charge is -2.19. The molecular formula is C16H17N. The first kappa shape index (κ1) is 10.5. The summed E-state index contributed by atoms with van der Waals surface area (Å²) in [7, 11) is 0. The van der Waals surface area contributed by atoms with Gasteiger partial charge in [-0.1, -0.05) is 18.2 Å². The van der Waals surface area contributed by atoms with E-state index in [1.165, 1.54) is 36.8 Å². The lowest BCUT2D eigenvalue weighted by atomic mass is 9.86. The van der Waals surface area contributed by atoms with Crippen molar-refractivity contribution in [1.82, 2.24) is 4.98 Å². The number of pyridine rings is 1. The van der Waals surface area contributed by atoms with E-state index in [9.17, 15) is 0 Å². The molecule has 0 amide bonds. The molecular weight excluding hydrogens is 206 g/mol. The molecule has 1 aromatic carbocycles. The Labute approximate surface area is 103 Å². The van der Waals surface area contributed by atoms with Crippen LogP contribution in [0.4, 0.5) is 0 Å². The van der Waals surface area contributed by atoms with E-state index >= 15 is 0 Å². The molecule has 0 bridgehead atoms. The van der Waals surface area contributed by atoms with Crippen LogP contribution in [0.5, 0.6) is 0 Å². The van der Waals surface area contributed by atoms with Gasteiger partial charge in [-0.3, -0.25) is 4.98 Å². The number of aryl methyl sites for hydroxylation is 2. The van der Waals surface area contributed by atoms with Crippen molar-refractivity contribution in [3.63, 3.8) is 0 Å². The SMILES string of the molecule is Cc1cc(-c2cccc3c2CCCC3)ccn1. The molecule has 3 rings (SSSR count). The number of hydrogen-bond donors (Lipinski definition) is 0. The standard InChI is InChI=1S/C16H17N/c1-12-11-14(9-10-17-12)16-8-4-6-13-5-2-3-7-15(13)16/h4,6,8-11H,2-3,5,7H2,1H3. The van der Waals surface area contributed by atoms with E-state index in [-0.39, 0.29) is 0 Å². The maximum Gasteiger partial charge on any atom is 0.0378 e. The Bertz CT molecular complexity index is 543. The zero-order valence-corrected chi connectivity index (χ0v) is 10.2. The molecule has 0 fully saturated rings. The molecule has 0 spiro atoms. The van der Waals surface area contributed by atoms with E-state index in [0.29, 0.717) is 0 Å². The Morgan fingerprint density at radius 3 is 2.82 bits per heavy atom. The van der Waals surface area contributed by atoms with Crippen molar-refractivity contribution in [2.45, 2.75) is 32.6 Å². The molecule has 1 aliphatic carbocycles. The van der Waals surface area contributed by atoms with Crippen LogP contribution in [0.1, 0.15) is 29.7 Å². The summed E-state index contributed by atoms with van der Waals surface area (Å²) in [6, 6.07) is 11.0. The van der Waals surface area contributed by atoms with Gasteiger partial charge in [-0.05, 0) is 67.0 Å². The summed E-state index contributed by atoms with van der Waals surface area (Å²) in [5.41, 5.74) is 6.92. The molecule has 0 aliphatic heterocycles. The smallest absolute Gasteiger partial charge is 0.0378 e. The van der Waals surface area contributed by atoms with Gasteiger partial charge in [0.25, 0.3) is 0 Å². The number of nitrogens with zero attached hydrogens (tertiary/aromatic N) is 1. The first-order valence-electron chi connectivity index (χ1n) is 6.38. The molecule has 0 unspecified atom stereocenters. The van der Waals surface area contributed by atoms with Crippen LogP contribution < -0.4 is 0 Å². The predicted molar refractivity (Wildman–Crippen MR) is 71.1 cm³/mol. The minimum absolute atomic E-state index is 1.09. The van der Waals surface area contributed by atoms with Gasteiger partial charge < -0.3 is 0 Å². The minimum atomic E-state index is 1.09. The molecule has 2 aromatic rings. The van der Waals surface area contributed by atoms with Gasteiger partial charge in [0.2, 0.25) is 0 Å². The van der Waals surface area contributed by atoms with Crippen LogP contribution in [0.2, 0.25) is 0 Å². The van der Waals surface area contributed by atoms with E-state index in [0.717, 1.165) is 5.69 Å². The summed E-state index contributed by atoms with van der Waals surface area (Å²) in [4.78, 5) is 4.28. The summed E-state index contributed by atoms with van der Waals surface area (Å²) in [6.07, 6.45) is 7.05. The average molecular weight is 223 g/mol. The van der Waals surface area contributed by atoms with Crippen molar-refractivity contribution in [2.24, 2.45) is 0 Å². The lowest BCUT2D eigenvalue weighted by Crippen LogP contribution is -2.04. The molecule has 0 radical (unpaired) electrons. The highest BCUT2D eigenvalue weighted by Gasteiger charge is 2.13. The van der Waals surface area contributed by atoms with E-state index in [1.54, 1.807) is 11.1 Å². The van der Waals surface area contributed by atoms with Gasteiger partial charge >= 0.3 is 0 Å². The van der Waals surface area contributed by atoms with E-state index in [4.69, 9.17) is 0 Å². The normalized spacial score (nSPS) is 14.4. The summed E-state index contributed by atoms with van der Waals surface area (Å²) in [6.45, 7) is 2.05. The molecule has 0 atom stereocenters. The van der Waals surface area contributed by atoms with Crippen molar-refractivity contribution >= 4 is 0 Å². The molecule has 0 saturated carbocycles. The molecule has 1 heterocycles. The van der Waals surface area contributed by atoms with Crippen LogP contribution >= 0.6 is 0 Å². The summed E-state index contributed by atoms with van der Waals surface area (Å²) < 4.78 is 0. The molecule has 17 heavy (non-hydrogen) atoms. The maximum atomic E-state index is 4.28. The zero-order valence-electron chi connectivity index (χ0n) is 10.2. The second-order valence-electron chi connectivity index (χ2n) is 4.84. The maximum absolute atomic E-state index is 4.28. The van der Waals surface area contributed by atoms with Crippen LogP contribution in [0, 0.1) is 6.92 Å². The van der Waals surface area contributed by atoms with Gasteiger partial charge in [-0.15, -0.1) is 0 Å². The molecule has 0 N–H and O–H groups in total. The predicted octanol–water partition coefficient (Wildman–Crippen LogP) is 3.94. The van der Waals surface area contributed by atoms with Gasteiger partial charge in [0.15, 0.2) is 0 Å². The molecule has 1 aromatic heterocycles. The first-order chi connectivity index (χ1) is 8.34. The van der Waals surface area contributed by atoms with E-state index in [2.05, 4.69) is 42.2 Å². The van der Waals surface area contributed by atoms with Crippen molar-refractivity contribution in [3.05, 3.63) is 53.3 Å². The Hall–Kier alpha value is -1.63. The second-order valence-corrected chi connectivity index (χ2v) is 4.84. The first-order valence-corrected chi connectivity index (χ1v) is 6.38. The van der Waals surface area contributed by atoms with Gasteiger partial charge in [-0.25, -0.2) is 0 Å². The van der Waals surface area contributed by atoms with Crippen molar-refractivity contribution in [1.29, 1.82) is 0 Å². The quantitative estimate of drug-likeness (QED) is 0.713. The van der Waals surface area contributed by atoms with Crippen LogP contribution in [0.3, 0.4) is 0 Å². The molecule has 1 aliphatic rings. The van der Waals surface area contributed by atoms with Crippen molar-refractivity contribution in [3.8, 4) is 11.1 Å². The van der Waals surface area contributed by atoms with Gasteiger partial charge in [0, 0.05) is 11.9 Å². The van der Waals surface area contributed by atoms with Crippen molar-refractivity contribution in [2.75, 3.05) is 0 Å². The van der Waals surface area contributed by atoms with Crippen LogP contribution in [-0.4, -0.2) is 4.98 Å². The van der Waals surface area contributed by atoms with E-state index < -0.39 is 0 Å². The molecule has 86 valence electrons. The average Bonchev–Trinajstić information content (AvgIpc) is 2.38. The highest BCUT2D eigenvalue weighted by atomic mass is 14.6. The highest BCUT2D eigenvalue weighted by molar-refractivity contribution is 5.69. The van der Waals surface area contributed by atoms with Gasteiger partial charge in [0.1, 0.15) is 0 Å². The number of rotatable bonds is 1. The van der Waals surface area contributed by atoms with Gasteiger partial charge in [-0.2, -0.15) is 0 Å². The summed E-state index contributed by atoms with van der Waals surface area (Å²) in [5, 5.41) is 0. The van der Waals surface area contributed by atoms with Crippen LogP contribution in [0.15, 0.2) is 36.5 Å². The highest BCUT2D eigenvalue weighted by Crippen LogP contribution is 2.31. The van der Waals surface area contributed by atoms with Gasteiger partial charge in [0.05, 0.1) is 0 Å². The Morgan fingerprint density at radius 1 is 1.06 bits per heavy atom. The topological polar surface area (TPSA) is 12.9 Å². The lowest BCUT2D eigenvalue weighted by molar-refractivity contribution is 0.687. The number of fused-ring (bicyclic) bond motifs is 1. The molecule has 1 nitrogen and oxygen atoms in total. The number of benzene rings is 1.